The van der Waals surface area contributed by atoms with Gasteiger partial charge in [0.2, 0.25) is 11.8 Å². The monoisotopic (exact) mass is 595 g/mol. The first kappa shape index (κ1) is 29.8. The van der Waals surface area contributed by atoms with Crippen molar-refractivity contribution in [1.29, 1.82) is 0 Å². The quantitative estimate of drug-likeness (QED) is 0.325. The summed E-state index contributed by atoms with van der Waals surface area (Å²) in [6.07, 6.45) is 0. The van der Waals surface area contributed by atoms with E-state index in [4.69, 9.17) is 34.8 Å². The summed E-state index contributed by atoms with van der Waals surface area (Å²) >= 11 is 18.4. The number of hydrogen-bond acceptors (Lipinski definition) is 4. The molecule has 3 aromatic rings. The van der Waals surface area contributed by atoms with Crippen LogP contribution >= 0.6 is 34.8 Å². The predicted octanol–water partition coefficient (Wildman–Crippen LogP) is 5.70. The molecule has 0 spiro atoms. The Morgan fingerprint density at radius 1 is 0.947 bits per heavy atom. The zero-order valence-corrected chi connectivity index (χ0v) is 24.2. The van der Waals surface area contributed by atoms with E-state index in [0.717, 1.165) is 4.31 Å². The summed E-state index contributed by atoms with van der Waals surface area (Å²) in [5.41, 5.74) is 1.55. The molecule has 3 aromatic carbocycles. The molecular formula is C27H28Cl3N3O4S. The Bertz CT molecular complexity index is 1420. The minimum atomic E-state index is -4.18. The number of carbonyl (C=O) groups excluding carboxylic acids is 2. The van der Waals surface area contributed by atoms with Crippen LogP contribution in [-0.2, 0) is 26.2 Å². The number of nitrogens with one attached hydrogen (secondary N) is 1. The fourth-order valence-corrected chi connectivity index (χ4v) is 5.90. The third-order valence-electron chi connectivity index (χ3n) is 5.94. The number of anilines is 1. The standard InChI is InChI=1S/C27H28Cl3N3O4S/c1-4-31-27(35)19(3)32(16-20-9-10-22(29)15-24(20)30)26(34)17-33(25-8-6-5-7-18(25)2)38(36,37)23-13-11-21(28)12-14-23/h5-15,19H,4,16-17H2,1-3H3,(H,31,35)/t19-/m0/s1. The van der Waals surface area contributed by atoms with Crippen LogP contribution in [0.3, 0.4) is 0 Å². The number of carbonyl (C=O) groups is 2. The molecule has 0 aliphatic heterocycles. The van der Waals surface area contributed by atoms with Gasteiger partial charge >= 0.3 is 0 Å². The Balaban J connectivity index is 2.06. The van der Waals surface area contributed by atoms with Gasteiger partial charge in [-0.2, -0.15) is 0 Å². The molecule has 0 heterocycles. The van der Waals surface area contributed by atoms with Gasteiger partial charge in [0.1, 0.15) is 12.6 Å². The van der Waals surface area contributed by atoms with Crippen LogP contribution in [0.25, 0.3) is 0 Å². The molecule has 38 heavy (non-hydrogen) atoms. The van der Waals surface area contributed by atoms with Gasteiger partial charge in [-0.15, -0.1) is 0 Å². The molecule has 0 unspecified atom stereocenters. The number of aryl methyl sites for hydroxylation is 1. The molecule has 0 aliphatic rings. The van der Waals surface area contributed by atoms with Crippen molar-refractivity contribution in [3.05, 3.63) is 92.9 Å². The van der Waals surface area contributed by atoms with Crippen LogP contribution in [0.2, 0.25) is 15.1 Å². The maximum atomic E-state index is 13.9. The van der Waals surface area contributed by atoms with Gasteiger partial charge in [-0.1, -0.05) is 59.1 Å². The molecule has 1 atom stereocenters. The smallest absolute Gasteiger partial charge is 0.264 e. The average Bonchev–Trinajstić information content (AvgIpc) is 2.87. The van der Waals surface area contributed by atoms with E-state index in [0.29, 0.717) is 38.4 Å². The normalized spacial score (nSPS) is 12.1. The molecule has 0 saturated carbocycles. The first-order valence-corrected chi connectivity index (χ1v) is 14.4. The van der Waals surface area contributed by atoms with Crippen molar-refractivity contribution in [1.82, 2.24) is 10.2 Å². The predicted molar refractivity (Wildman–Crippen MR) is 152 cm³/mol. The largest absolute Gasteiger partial charge is 0.355 e. The topological polar surface area (TPSA) is 86.8 Å². The van der Waals surface area contributed by atoms with Crippen LogP contribution in [0.4, 0.5) is 5.69 Å². The molecule has 0 radical (unpaired) electrons. The maximum absolute atomic E-state index is 13.9. The lowest BCUT2D eigenvalue weighted by atomic mass is 10.1. The molecule has 0 fully saturated rings. The highest BCUT2D eigenvalue weighted by atomic mass is 35.5. The molecule has 2 amide bonds. The Hall–Kier alpha value is -2.78. The number of amides is 2. The Morgan fingerprint density at radius 2 is 1.58 bits per heavy atom. The number of benzene rings is 3. The lowest BCUT2D eigenvalue weighted by Crippen LogP contribution is -2.51. The summed E-state index contributed by atoms with van der Waals surface area (Å²) in [5.74, 6) is -0.968. The van der Waals surface area contributed by atoms with Gasteiger partial charge < -0.3 is 10.2 Å². The molecule has 0 bridgehead atoms. The first-order valence-electron chi connectivity index (χ1n) is 11.8. The summed E-state index contributed by atoms with van der Waals surface area (Å²) in [4.78, 5) is 27.9. The number of nitrogens with zero attached hydrogens (tertiary/aromatic N) is 2. The minimum Gasteiger partial charge on any atom is -0.355 e. The van der Waals surface area contributed by atoms with E-state index in [1.165, 1.54) is 29.2 Å². The van der Waals surface area contributed by atoms with Crippen LogP contribution < -0.4 is 9.62 Å². The molecule has 0 aromatic heterocycles. The summed E-state index contributed by atoms with van der Waals surface area (Å²) < 4.78 is 28.7. The fourth-order valence-electron chi connectivity index (χ4n) is 3.83. The summed E-state index contributed by atoms with van der Waals surface area (Å²) in [7, 11) is -4.18. The van der Waals surface area contributed by atoms with Crippen molar-refractivity contribution >= 4 is 62.3 Å². The molecule has 0 saturated heterocycles. The van der Waals surface area contributed by atoms with E-state index in [2.05, 4.69) is 5.32 Å². The summed E-state index contributed by atoms with van der Waals surface area (Å²) in [6, 6.07) is 16.5. The van der Waals surface area contributed by atoms with Crippen LogP contribution in [0.1, 0.15) is 25.0 Å². The lowest BCUT2D eigenvalue weighted by Gasteiger charge is -2.32. The second-order valence-electron chi connectivity index (χ2n) is 8.58. The Kier molecular flexibility index (Phi) is 10.1. The van der Waals surface area contributed by atoms with Gasteiger partial charge in [0, 0.05) is 28.2 Å². The highest BCUT2D eigenvalue weighted by Crippen LogP contribution is 2.29. The number of likely N-dealkylation sites (N-methyl/N-ethyl adjacent to an activating group) is 1. The number of rotatable bonds is 10. The Labute approximate surface area is 238 Å². The van der Waals surface area contributed by atoms with Crippen LogP contribution in [0.15, 0.2) is 71.6 Å². The highest BCUT2D eigenvalue weighted by molar-refractivity contribution is 7.92. The molecule has 7 nitrogen and oxygen atoms in total. The second-order valence-corrected chi connectivity index (χ2v) is 11.7. The summed E-state index contributed by atoms with van der Waals surface area (Å²) in [5, 5.41) is 3.84. The van der Waals surface area contributed by atoms with E-state index in [9.17, 15) is 18.0 Å². The van der Waals surface area contributed by atoms with Crippen molar-refractivity contribution in [2.75, 3.05) is 17.4 Å². The molecular weight excluding hydrogens is 569 g/mol. The van der Waals surface area contributed by atoms with E-state index in [1.807, 2.05) is 0 Å². The summed E-state index contributed by atoms with van der Waals surface area (Å²) in [6.45, 7) is 4.89. The molecule has 11 heteroatoms. The van der Waals surface area contributed by atoms with E-state index in [1.54, 1.807) is 63.2 Å². The van der Waals surface area contributed by atoms with Gasteiger partial charge in [0.05, 0.1) is 10.6 Å². The number of halogens is 3. The fraction of sp³-hybridized carbons (Fsp3) is 0.259. The molecule has 1 N–H and O–H groups in total. The van der Waals surface area contributed by atoms with Crippen LogP contribution in [0.5, 0.6) is 0 Å². The van der Waals surface area contributed by atoms with Crippen molar-refractivity contribution in [2.24, 2.45) is 0 Å². The van der Waals surface area contributed by atoms with Gasteiger partial charge in [-0.05, 0) is 74.4 Å². The van der Waals surface area contributed by atoms with Gasteiger partial charge in [-0.3, -0.25) is 13.9 Å². The van der Waals surface area contributed by atoms with Crippen LogP contribution in [-0.4, -0.2) is 44.3 Å². The van der Waals surface area contributed by atoms with Crippen molar-refractivity contribution in [3.63, 3.8) is 0 Å². The number of hydrogen-bond donors (Lipinski definition) is 1. The van der Waals surface area contributed by atoms with E-state index in [-0.39, 0.29) is 17.3 Å². The van der Waals surface area contributed by atoms with E-state index < -0.39 is 28.5 Å². The average molecular weight is 597 g/mol. The third-order valence-corrected chi connectivity index (χ3v) is 8.55. The zero-order valence-electron chi connectivity index (χ0n) is 21.1. The van der Waals surface area contributed by atoms with Crippen LogP contribution in [0, 0.1) is 6.92 Å². The van der Waals surface area contributed by atoms with E-state index >= 15 is 0 Å². The van der Waals surface area contributed by atoms with Crippen molar-refractivity contribution in [3.8, 4) is 0 Å². The first-order chi connectivity index (χ1) is 17.9. The third kappa shape index (κ3) is 6.99. The Morgan fingerprint density at radius 3 is 2.18 bits per heavy atom. The number of para-hydroxylation sites is 1. The van der Waals surface area contributed by atoms with Crippen molar-refractivity contribution in [2.45, 2.75) is 38.3 Å². The molecule has 202 valence electrons. The highest BCUT2D eigenvalue weighted by Gasteiger charge is 2.33. The second kappa shape index (κ2) is 12.8. The van der Waals surface area contributed by atoms with Crippen molar-refractivity contribution < 1.29 is 18.0 Å². The van der Waals surface area contributed by atoms with Gasteiger partial charge in [-0.25, -0.2) is 8.42 Å². The van der Waals surface area contributed by atoms with Gasteiger partial charge in [0.15, 0.2) is 0 Å². The van der Waals surface area contributed by atoms with Gasteiger partial charge in [0.25, 0.3) is 10.0 Å². The molecule has 0 aliphatic carbocycles. The maximum Gasteiger partial charge on any atom is 0.264 e. The zero-order chi connectivity index (χ0) is 28.0. The SMILES string of the molecule is CCNC(=O)[C@H](C)N(Cc1ccc(Cl)cc1Cl)C(=O)CN(c1ccccc1C)S(=O)(=O)c1ccc(Cl)cc1. The lowest BCUT2D eigenvalue weighted by molar-refractivity contribution is -0.139. The minimum absolute atomic E-state index is 0.0259. The molecule has 3 rings (SSSR count). The number of sulfonamides is 1.